The van der Waals surface area contributed by atoms with E-state index in [1.165, 1.54) is 6.20 Å². The molecule has 1 aromatic heterocycles. The molecule has 0 bridgehead atoms. The van der Waals surface area contributed by atoms with Crippen molar-refractivity contribution in [2.75, 3.05) is 12.4 Å². The molecule has 20 heavy (non-hydrogen) atoms. The van der Waals surface area contributed by atoms with Gasteiger partial charge in [-0.05, 0) is 29.8 Å². The van der Waals surface area contributed by atoms with Crippen LogP contribution in [-0.2, 0) is 0 Å². The summed E-state index contributed by atoms with van der Waals surface area (Å²) < 4.78 is 0. The van der Waals surface area contributed by atoms with Gasteiger partial charge in [0.25, 0.3) is 0 Å². The summed E-state index contributed by atoms with van der Waals surface area (Å²) in [6, 6.07) is 8.59. The molecule has 2 rings (SSSR count). The average Bonchev–Trinajstić information content (AvgIpc) is 2.49. The molecule has 0 atom stereocenters. The van der Waals surface area contributed by atoms with E-state index in [1.807, 2.05) is 0 Å². The van der Waals surface area contributed by atoms with E-state index in [9.17, 15) is 5.11 Å². The quantitative estimate of drug-likeness (QED) is 0.633. The van der Waals surface area contributed by atoms with Crippen LogP contribution in [-0.4, -0.2) is 28.6 Å². The average molecular weight is 269 g/mol. The molecule has 0 amide bonds. The monoisotopic (exact) mass is 269 g/mol. The van der Waals surface area contributed by atoms with Crippen molar-refractivity contribution in [3.8, 4) is 17.0 Å². The molecule has 0 spiro atoms. The van der Waals surface area contributed by atoms with Crippen molar-refractivity contribution in [3.63, 3.8) is 0 Å². The second-order valence-corrected chi connectivity index (χ2v) is 4.05. The van der Waals surface area contributed by atoms with Gasteiger partial charge in [0, 0.05) is 30.6 Å². The Labute approximate surface area is 116 Å². The molecule has 1 heterocycles. The van der Waals surface area contributed by atoms with Gasteiger partial charge in [0.2, 0.25) is 0 Å². The summed E-state index contributed by atoms with van der Waals surface area (Å²) in [4.78, 5) is 0. The van der Waals surface area contributed by atoms with Gasteiger partial charge in [0.15, 0.2) is 0 Å². The predicted molar refractivity (Wildman–Crippen MR) is 79.6 cm³/mol. The normalized spacial score (nSPS) is 11.2. The number of anilines is 1. The van der Waals surface area contributed by atoms with Crippen LogP contribution in [0.4, 0.5) is 5.82 Å². The molecule has 2 aromatic rings. The zero-order chi connectivity index (χ0) is 14.5. The fraction of sp³-hybridized carbons (Fsp3) is 0.0714. The maximum Gasteiger partial charge on any atom is 0.148 e. The van der Waals surface area contributed by atoms with E-state index >= 15 is 0 Å². The maximum absolute atomic E-state index is 10.1. The van der Waals surface area contributed by atoms with Crippen LogP contribution >= 0.6 is 0 Å². The topological polar surface area (TPSA) is 108 Å². The van der Waals surface area contributed by atoms with E-state index in [-0.39, 0.29) is 5.75 Å². The zero-order valence-corrected chi connectivity index (χ0v) is 11.0. The molecule has 5 N–H and O–H groups in total. The van der Waals surface area contributed by atoms with Gasteiger partial charge in [-0.25, -0.2) is 0 Å². The Hall–Kier alpha value is -2.89. The van der Waals surface area contributed by atoms with Gasteiger partial charge in [-0.15, -0.1) is 10.2 Å². The minimum Gasteiger partial charge on any atom is -0.507 e. The molecule has 6 heteroatoms. The van der Waals surface area contributed by atoms with Crippen LogP contribution in [0.1, 0.15) is 5.56 Å². The third-order valence-corrected chi connectivity index (χ3v) is 2.86. The number of aromatic hydroxyl groups is 1. The van der Waals surface area contributed by atoms with Crippen molar-refractivity contribution in [2.45, 2.75) is 0 Å². The smallest absolute Gasteiger partial charge is 0.148 e. The van der Waals surface area contributed by atoms with Gasteiger partial charge < -0.3 is 21.6 Å². The molecule has 0 radical (unpaired) electrons. The summed E-state index contributed by atoms with van der Waals surface area (Å²) in [6.07, 6.45) is 2.46. The van der Waals surface area contributed by atoms with E-state index in [0.29, 0.717) is 28.2 Å². The molecule has 0 saturated carbocycles. The lowest BCUT2D eigenvalue weighted by Gasteiger charge is -2.07. The van der Waals surface area contributed by atoms with Gasteiger partial charge in [0.1, 0.15) is 11.6 Å². The minimum atomic E-state index is 0.0650. The highest BCUT2D eigenvalue weighted by molar-refractivity contribution is 6.08. The first kappa shape index (κ1) is 13.5. The summed E-state index contributed by atoms with van der Waals surface area (Å²) in [5, 5.41) is 28.2. The van der Waals surface area contributed by atoms with Crippen LogP contribution in [0.25, 0.3) is 16.8 Å². The molecule has 0 aliphatic rings. The first-order valence-corrected chi connectivity index (χ1v) is 5.97. The number of allylic oxidation sites excluding steroid dienone is 1. The molecule has 0 fully saturated rings. The molecule has 102 valence electrons. The van der Waals surface area contributed by atoms with Crippen molar-refractivity contribution in [3.05, 3.63) is 42.1 Å². The van der Waals surface area contributed by atoms with Gasteiger partial charge in [-0.2, -0.15) is 0 Å². The highest BCUT2D eigenvalue weighted by Gasteiger charge is 2.09. The molecule has 0 saturated heterocycles. The molecule has 0 unspecified atom stereocenters. The number of nitrogens with two attached hydrogens (primary N) is 1. The first-order chi connectivity index (χ1) is 9.69. The number of rotatable bonds is 4. The van der Waals surface area contributed by atoms with Crippen LogP contribution < -0.4 is 11.1 Å². The molecular weight excluding hydrogens is 254 g/mol. The fourth-order valence-corrected chi connectivity index (χ4v) is 1.76. The Kier molecular flexibility index (Phi) is 3.95. The lowest BCUT2D eigenvalue weighted by atomic mass is 10.0. The van der Waals surface area contributed by atoms with Gasteiger partial charge in [-0.3, -0.25) is 0 Å². The van der Waals surface area contributed by atoms with E-state index in [2.05, 4.69) is 15.5 Å². The number of phenols is 1. The standard InChI is InChI=1S/C14H15N5O/c1-17-14-5-4-12(18-19-14)11-3-2-9(6-13(11)20)10(7-15)8-16/h2-8,15,20H,16H2,1H3,(H,17,19)/b10-8+,15-7?. The Morgan fingerprint density at radius 1 is 1.30 bits per heavy atom. The third kappa shape index (κ3) is 2.59. The number of hydrogen-bond donors (Lipinski definition) is 4. The van der Waals surface area contributed by atoms with Crippen LogP contribution in [0.15, 0.2) is 36.5 Å². The van der Waals surface area contributed by atoms with E-state index in [4.69, 9.17) is 11.1 Å². The number of phenolic OH excluding ortho intramolecular Hbond substituents is 1. The second-order valence-electron chi connectivity index (χ2n) is 4.05. The summed E-state index contributed by atoms with van der Waals surface area (Å²) in [6.45, 7) is 0. The van der Waals surface area contributed by atoms with Crippen molar-refractivity contribution >= 4 is 17.6 Å². The summed E-state index contributed by atoms with van der Waals surface area (Å²) in [5.74, 6) is 0.720. The number of nitrogens with one attached hydrogen (secondary N) is 2. The highest BCUT2D eigenvalue weighted by Crippen LogP contribution is 2.30. The van der Waals surface area contributed by atoms with E-state index in [0.717, 1.165) is 6.21 Å². The Balaban J connectivity index is 2.40. The first-order valence-electron chi connectivity index (χ1n) is 5.97. The van der Waals surface area contributed by atoms with Crippen molar-refractivity contribution in [1.82, 2.24) is 10.2 Å². The Morgan fingerprint density at radius 2 is 2.10 bits per heavy atom. The lowest BCUT2D eigenvalue weighted by molar-refractivity contribution is 0.477. The molecular formula is C14H15N5O. The van der Waals surface area contributed by atoms with Crippen molar-refractivity contribution < 1.29 is 5.11 Å². The van der Waals surface area contributed by atoms with Gasteiger partial charge >= 0.3 is 0 Å². The predicted octanol–water partition coefficient (Wildman–Crippen LogP) is 1.84. The lowest BCUT2D eigenvalue weighted by Crippen LogP contribution is -1.96. The van der Waals surface area contributed by atoms with Gasteiger partial charge in [-0.1, -0.05) is 6.07 Å². The SMILES string of the molecule is CNc1ccc(-c2ccc(/C(C=N)=C/N)cc2O)nn1. The molecule has 1 aromatic carbocycles. The van der Waals surface area contributed by atoms with Gasteiger partial charge in [0.05, 0.1) is 5.69 Å². The second kappa shape index (κ2) is 5.83. The maximum atomic E-state index is 10.1. The fourth-order valence-electron chi connectivity index (χ4n) is 1.76. The van der Waals surface area contributed by atoms with Crippen LogP contribution in [0.5, 0.6) is 5.75 Å². The van der Waals surface area contributed by atoms with Crippen LogP contribution in [0.3, 0.4) is 0 Å². The molecule has 0 aliphatic carbocycles. The zero-order valence-electron chi connectivity index (χ0n) is 11.0. The number of nitrogens with zero attached hydrogens (tertiary/aromatic N) is 2. The number of benzene rings is 1. The molecule has 6 nitrogen and oxygen atoms in total. The molecule has 0 aliphatic heterocycles. The van der Waals surface area contributed by atoms with Crippen LogP contribution in [0, 0.1) is 5.41 Å². The summed E-state index contributed by atoms with van der Waals surface area (Å²) in [7, 11) is 1.76. The largest absolute Gasteiger partial charge is 0.507 e. The summed E-state index contributed by atoms with van der Waals surface area (Å²) in [5.41, 5.74) is 7.77. The number of aromatic nitrogens is 2. The minimum absolute atomic E-state index is 0.0650. The highest BCUT2D eigenvalue weighted by atomic mass is 16.3. The number of hydrogen-bond acceptors (Lipinski definition) is 6. The van der Waals surface area contributed by atoms with Crippen molar-refractivity contribution in [1.29, 1.82) is 5.41 Å². The van der Waals surface area contributed by atoms with E-state index in [1.54, 1.807) is 37.4 Å². The Bertz CT molecular complexity index is 649. The van der Waals surface area contributed by atoms with Crippen LogP contribution in [0.2, 0.25) is 0 Å². The Morgan fingerprint density at radius 3 is 2.60 bits per heavy atom. The van der Waals surface area contributed by atoms with Crippen molar-refractivity contribution in [2.24, 2.45) is 5.73 Å². The summed E-state index contributed by atoms with van der Waals surface area (Å²) >= 11 is 0. The third-order valence-electron chi connectivity index (χ3n) is 2.86. The van der Waals surface area contributed by atoms with E-state index < -0.39 is 0 Å².